The highest BCUT2D eigenvalue weighted by atomic mass is 19.4. The summed E-state index contributed by atoms with van der Waals surface area (Å²) in [5.74, 6) is -3.93. The van der Waals surface area contributed by atoms with Crippen LogP contribution in [0, 0.1) is 16.0 Å². The molecule has 1 aliphatic rings. The van der Waals surface area contributed by atoms with Gasteiger partial charge in [-0.05, 0) is 30.5 Å². The van der Waals surface area contributed by atoms with E-state index in [-0.39, 0.29) is 30.4 Å². The first-order valence-corrected chi connectivity index (χ1v) is 13.1. The number of nitrogens with zero attached hydrogens (tertiary/aromatic N) is 1. The molecule has 1 heterocycles. The number of dihydropyridines is 1. The average Bonchev–Trinajstić information content (AvgIpc) is 2.97. The summed E-state index contributed by atoms with van der Waals surface area (Å²) in [7, 11) is 0.857. The van der Waals surface area contributed by atoms with E-state index in [1.165, 1.54) is 19.1 Å². The van der Waals surface area contributed by atoms with E-state index < -0.39 is 63.6 Å². The number of hydrogen-bond donors (Lipinski definition) is 3. The van der Waals surface area contributed by atoms with Crippen LogP contribution < -0.4 is 15.8 Å². The van der Waals surface area contributed by atoms with E-state index in [2.05, 4.69) is 10.1 Å². The number of alkyl halides is 3. The van der Waals surface area contributed by atoms with Crippen molar-refractivity contribution in [3.8, 4) is 5.75 Å². The van der Waals surface area contributed by atoms with Gasteiger partial charge in [-0.25, -0.2) is 9.59 Å². The number of aliphatic hydroxyl groups excluding tert-OH is 1. The number of carbonyl (C=O) groups is 2. The lowest BCUT2D eigenvalue weighted by molar-refractivity contribution is -0.385. The fraction of sp³-hybridized carbons (Fsp3) is 0.379. The maximum absolute atomic E-state index is 14.1. The number of ether oxygens (including phenoxy) is 3. The maximum atomic E-state index is 14.1. The van der Waals surface area contributed by atoms with Crippen molar-refractivity contribution in [3.05, 3.63) is 92.3 Å². The Morgan fingerprint density at radius 2 is 1.72 bits per heavy atom. The number of allylic oxidation sites excluding steroid dienone is 2. The molecule has 2 aromatic carbocycles. The van der Waals surface area contributed by atoms with Crippen molar-refractivity contribution in [1.29, 1.82) is 0 Å². The number of aliphatic hydroxyl groups is 1. The van der Waals surface area contributed by atoms with Crippen molar-refractivity contribution in [1.82, 2.24) is 5.32 Å². The molecule has 0 spiro atoms. The number of benzene rings is 2. The topological polar surface area (TPSA) is 163 Å². The lowest BCUT2D eigenvalue weighted by atomic mass is 9.79. The van der Waals surface area contributed by atoms with Crippen molar-refractivity contribution >= 4 is 17.6 Å². The van der Waals surface area contributed by atoms with E-state index in [9.17, 15) is 38.0 Å². The van der Waals surface area contributed by atoms with Crippen LogP contribution in [0.4, 0.5) is 18.9 Å². The van der Waals surface area contributed by atoms with Gasteiger partial charge in [-0.2, -0.15) is 13.2 Å². The van der Waals surface area contributed by atoms with E-state index in [4.69, 9.17) is 15.2 Å². The molecule has 14 heteroatoms. The maximum Gasteiger partial charge on any atom is 0.431 e. The van der Waals surface area contributed by atoms with Crippen LogP contribution in [0.25, 0.3) is 0 Å². The van der Waals surface area contributed by atoms with Gasteiger partial charge in [0.25, 0.3) is 5.69 Å². The number of nitrogens with two attached hydrogens (primary N) is 1. The fourth-order valence-electron chi connectivity index (χ4n) is 4.51. The Labute approximate surface area is 245 Å². The molecule has 0 amide bonds. The molecule has 3 rings (SSSR count). The van der Waals surface area contributed by atoms with Crippen LogP contribution in [0.5, 0.6) is 5.75 Å². The van der Waals surface area contributed by atoms with Crippen LogP contribution >= 0.6 is 0 Å². The van der Waals surface area contributed by atoms with E-state index in [1.807, 2.05) is 13.8 Å². The molecule has 4 N–H and O–H groups in total. The Morgan fingerprint density at radius 1 is 1.09 bits per heavy atom. The van der Waals surface area contributed by atoms with Crippen LogP contribution in [0.15, 0.2) is 71.1 Å². The molecule has 0 fully saturated rings. The minimum atomic E-state index is -5.10. The van der Waals surface area contributed by atoms with Gasteiger partial charge in [-0.1, -0.05) is 44.2 Å². The highest BCUT2D eigenvalue weighted by Crippen LogP contribution is 2.45. The number of nitro benzene ring substituents is 1. The molecule has 43 heavy (non-hydrogen) atoms. The minimum absolute atomic E-state index is 0.0423. The summed E-state index contributed by atoms with van der Waals surface area (Å²) in [6.45, 7) is 4.54. The van der Waals surface area contributed by atoms with Gasteiger partial charge in [-0.3, -0.25) is 10.1 Å². The molecular formula is C29H32F3N3O8. The van der Waals surface area contributed by atoms with Crippen molar-refractivity contribution in [2.75, 3.05) is 13.7 Å². The Kier molecular flexibility index (Phi) is 10.5. The Hall–Kier alpha value is -4.43. The van der Waals surface area contributed by atoms with Gasteiger partial charge >= 0.3 is 18.1 Å². The standard InChI is InChI=1S/C29H32F3N3O8/c1-15(2)25(33)21(36)14-42-18-11-9-17(10-12-18)13-43-28(38)22-16(3)34-26(29(30,31)32)24(27(37)41-4)23(22)19-7-5-6-8-20(19)35(39)40/h5-12,15,21,23,25,34,36H,13-14,33H2,1-4H3. The second kappa shape index (κ2) is 13.7. The number of carbonyl (C=O) groups excluding carboxylic acids is 2. The zero-order chi connectivity index (χ0) is 32.1. The molecule has 0 bridgehead atoms. The Bertz CT molecular complexity index is 1420. The van der Waals surface area contributed by atoms with Crippen LogP contribution in [-0.2, 0) is 25.7 Å². The molecule has 3 unspecified atom stereocenters. The van der Waals surface area contributed by atoms with Gasteiger partial charge in [0.05, 0.1) is 29.1 Å². The summed E-state index contributed by atoms with van der Waals surface area (Å²) >= 11 is 0. The number of nitro groups is 1. The highest BCUT2D eigenvalue weighted by Gasteiger charge is 2.48. The molecule has 1 aliphatic heterocycles. The molecule has 0 saturated carbocycles. The molecule has 2 aromatic rings. The molecule has 0 aromatic heterocycles. The van der Waals surface area contributed by atoms with Crippen LogP contribution in [0.2, 0.25) is 0 Å². The molecule has 11 nitrogen and oxygen atoms in total. The summed E-state index contributed by atoms with van der Waals surface area (Å²) in [5, 5.41) is 24.0. The largest absolute Gasteiger partial charge is 0.491 e. The summed E-state index contributed by atoms with van der Waals surface area (Å²) in [5.41, 5.74) is 2.18. The lowest BCUT2D eigenvalue weighted by Gasteiger charge is -2.31. The first kappa shape index (κ1) is 33.1. The van der Waals surface area contributed by atoms with Gasteiger partial charge in [0.15, 0.2) is 0 Å². The monoisotopic (exact) mass is 607 g/mol. The fourth-order valence-corrected chi connectivity index (χ4v) is 4.51. The van der Waals surface area contributed by atoms with Gasteiger partial charge in [-0.15, -0.1) is 0 Å². The number of methoxy groups -OCH3 is 1. The summed E-state index contributed by atoms with van der Waals surface area (Å²) in [4.78, 5) is 37.1. The van der Waals surface area contributed by atoms with Crippen LogP contribution in [0.1, 0.15) is 37.8 Å². The highest BCUT2D eigenvalue weighted by molar-refractivity contribution is 6.00. The zero-order valence-electron chi connectivity index (χ0n) is 23.8. The normalized spacial score (nSPS) is 16.8. The van der Waals surface area contributed by atoms with E-state index in [0.29, 0.717) is 11.3 Å². The molecule has 3 atom stereocenters. The molecule has 0 radical (unpaired) electrons. The average molecular weight is 608 g/mol. The van der Waals surface area contributed by atoms with Crippen molar-refractivity contribution in [2.45, 2.75) is 51.6 Å². The quantitative estimate of drug-likeness (QED) is 0.193. The third-order valence-electron chi connectivity index (χ3n) is 6.84. The lowest BCUT2D eigenvalue weighted by Crippen LogP contribution is -2.42. The van der Waals surface area contributed by atoms with Gasteiger partial charge in [0, 0.05) is 23.4 Å². The minimum Gasteiger partial charge on any atom is -0.491 e. The predicted octanol–water partition coefficient (Wildman–Crippen LogP) is 4.01. The van der Waals surface area contributed by atoms with E-state index in [1.54, 1.807) is 24.3 Å². The van der Waals surface area contributed by atoms with Crippen molar-refractivity contribution in [2.24, 2.45) is 11.7 Å². The second-order valence-electron chi connectivity index (χ2n) is 10.1. The van der Waals surface area contributed by atoms with Gasteiger partial charge < -0.3 is 30.4 Å². The van der Waals surface area contributed by atoms with Crippen LogP contribution in [0.3, 0.4) is 0 Å². The Morgan fingerprint density at radius 3 is 2.28 bits per heavy atom. The summed E-state index contributed by atoms with van der Waals surface area (Å²) in [6.07, 6.45) is -5.99. The van der Waals surface area contributed by atoms with Crippen molar-refractivity contribution < 1.29 is 47.0 Å². The zero-order valence-corrected chi connectivity index (χ0v) is 23.8. The number of nitrogens with one attached hydrogen (secondary N) is 1. The SMILES string of the molecule is COC(=O)C1=C(C(F)(F)F)NC(C)=C(C(=O)OCc2ccc(OCC(O)C(N)C(C)C)cc2)C1c1ccccc1[N+](=O)[O-]. The number of hydrogen-bond acceptors (Lipinski definition) is 10. The van der Waals surface area contributed by atoms with Gasteiger partial charge in [0.1, 0.15) is 30.8 Å². The summed E-state index contributed by atoms with van der Waals surface area (Å²) < 4.78 is 57.8. The first-order chi connectivity index (χ1) is 20.2. The van der Waals surface area contributed by atoms with Crippen molar-refractivity contribution in [3.63, 3.8) is 0 Å². The number of para-hydroxylation sites is 1. The second-order valence-corrected chi connectivity index (χ2v) is 10.1. The number of esters is 2. The third kappa shape index (κ3) is 7.70. The number of rotatable bonds is 11. The third-order valence-corrected chi connectivity index (χ3v) is 6.84. The molecular weight excluding hydrogens is 575 g/mol. The molecule has 0 saturated heterocycles. The molecule has 0 aliphatic carbocycles. The Balaban J connectivity index is 1.91. The first-order valence-electron chi connectivity index (χ1n) is 13.1. The van der Waals surface area contributed by atoms with Gasteiger partial charge in [0.2, 0.25) is 0 Å². The van der Waals surface area contributed by atoms with E-state index >= 15 is 0 Å². The van der Waals surface area contributed by atoms with Crippen LogP contribution in [-0.4, -0.2) is 54.0 Å². The van der Waals surface area contributed by atoms with E-state index in [0.717, 1.165) is 19.2 Å². The summed E-state index contributed by atoms with van der Waals surface area (Å²) in [6, 6.07) is 10.6. The predicted molar refractivity (Wildman–Crippen MR) is 147 cm³/mol. The number of halogens is 3. The smallest absolute Gasteiger partial charge is 0.431 e. The molecule has 232 valence electrons.